The van der Waals surface area contributed by atoms with Crippen LogP contribution in [0.25, 0.3) is 0 Å². The highest BCUT2D eigenvalue weighted by molar-refractivity contribution is 5.15. The molecule has 0 spiro atoms. The Labute approximate surface area is 71.5 Å². The molecule has 0 bridgehead atoms. The molecule has 12 heavy (non-hydrogen) atoms. The molecule has 0 amide bonds. The van der Waals surface area contributed by atoms with Gasteiger partial charge in [-0.15, -0.1) is 0 Å². The molecule has 0 aliphatic rings. The van der Waals surface area contributed by atoms with Crippen molar-refractivity contribution in [1.82, 2.24) is 9.89 Å². The molecule has 0 saturated carbocycles. The lowest BCUT2D eigenvalue weighted by Gasteiger charge is -2.19. The maximum Gasteiger partial charge on any atom is 0.167 e. The third-order valence-electron chi connectivity index (χ3n) is 1.65. The van der Waals surface area contributed by atoms with Gasteiger partial charge in [0.05, 0.1) is 6.20 Å². The monoisotopic (exact) mass is 171 g/mol. The minimum atomic E-state index is -0.267. The van der Waals surface area contributed by atoms with Crippen molar-refractivity contribution < 1.29 is 4.39 Å². The van der Waals surface area contributed by atoms with E-state index in [1.165, 1.54) is 11.0 Å². The lowest BCUT2D eigenvalue weighted by Crippen LogP contribution is -2.24. The molecule has 1 N–H and O–H groups in total. The first-order valence-corrected chi connectivity index (χ1v) is 3.88. The van der Waals surface area contributed by atoms with Crippen LogP contribution in [-0.2, 0) is 5.41 Å². The Morgan fingerprint density at radius 2 is 2.08 bits per heavy atom. The predicted octanol–water partition coefficient (Wildman–Crippen LogP) is 1.49. The summed E-state index contributed by atoms with van der Waals surface area (Å²) in [5.41, 5.74) is 3.13. The van der Waals surface area contributed by atoms with Crippen molar-refractivity contribution in [3.8, 4) is 0 Å². The number of hydrogen-bond acceptors (Lipinski definition) is 2. The van der Waals surface area contributed by atoms with Gasteiger partial charge >= 0.3 is 0 Å². The summed E-state index contributed by atoms with van der Waals surface area (Å²) in [5, 5.41) is 3.83. The molecular weight excluding hydrogens is 157 g/mol. The van der Waals surface area contributed by atoms with Crippen molar-refractivity contribution in [2.75, 3.05) is 12.5 Å². The number of halogens is 1. The first-order valence-electron chi connectivity index (χ1n) is 3.88. The number of rotatable bonds is 1. The highest BCUT2D eigenvalue weighted by Gasteiger charge is 2.23. The van der Waals surface area contributed by atoms with Gasteiger partial charge < -0.3 is 5.43 Å². The zero-order valence-corrected chi connectivity index (χ0v) is 7.85. The van der Waals surface area contributed by atoms with E-state index in [4.69, 9.17) is 0 Å². The van der Waals surface area contributed by atoms with Crippen molar-refractivity contribution in [2.45, 2.75) is 26.2 Å². The summed E-state index contributed by atoms with van der Waals surface area (Å²) in [6.45, 7) is 5.84. The van der Waals surface area contributed by atoms with Crippen LogP contribution in [0.4, 0.5) is 4.39 Å². The molecule has 68 valence electrons. The fraction of sp³-hybridized carbons (Fsp3) is 0.625. The van der Waals surface area contributed by atoms with Gasteiger partial charge in [0.25, 0.3) is 0 Å². The maximum atomic E-state index is 13.2. The normalized spacial score (nSPS) is 11.8. The summed E-state index contributed by atoms with van der Waals surface area (Å²) in [5.74, 6) is -0.267. The highest BCUT2D eigenvalue weighted by atomic mass is 19.1. The van der Waals surface area contributed by atoms with Crippen LogP contribution in [0, 0.1) is 5.82 Å². The average molecular weight is 171 g/mol. The molecule has 0 fully saturated rings. The van der Waals surface area contributed by atoms with Gasteiger partial charge in [-0.2, -0.15) is 9.89 Å². The molecule has 1 rings (SSSR count). The van der Waals surface area contributed by atoms with E-state index in [1.807, 2.05) is 20.8 Å². The fourth-order valence-electron chi connectivity index (χ4n) is 1.17. The van der Waals surface area contributed by atoms with Crippen LogP contribution in [0.2, 0.25) is 0 Å². The van der Waals surface area contributed by atoms with Gasteiger partial charge in [-0.25, -0.2) is 4.39 Å². The van der Waals surface area contributed by atoms with E-state index in [-0.39, 0.29) is 11.2 Å². The molecule has 0 saturated heterocycles. The molecule has 0 unspecified atom stereocenters. The van der Waals surface area contributed by atoms with Crippen molar-refractivity contribution >= 4 is 0 Å². The van der Waals surface area contributed by atoms with Crippen LogP contribution < -0.4 is 5.43 Å². The van der Waals surface area contributed by atoms with Gasteiger partial charge in [-0.05, 0) is 0 Å². The Morgan fingerprint density at radius 1 is 1.50 bits per heavy atom. The molecule has 1 aromatic rings. The van der Waals surface area contributed by atoms with Crippen molar-refractivity contribution in [3.05, 3.63) is 17.7 Å². The topological polar surface area (TPSA) is 29.9 Å². The predicted molar refractivity (Wildman–Crippen MR) is 46.2 cm³/mol. The SMILES string of the molecule is CNn1ncc(F)c1C(C)(C)C. The summed E-state index contributed by atoms with van der Waals surface area (Å²) in [7, 11) is 1.71. The Hall–Kier alpha value is -1.06. The first-order chi connectivity index (χ1) is 5.46. The van der Waals surface area contributed by atoms with Gasteiger partial charge in [0, 0.05) is 12.5 Å². The zero-order valence-electron chi connectivity index (χ0n) is 7.85. The van der Waals surface area contributed by atoms with E-state index in [1.54, 1.807) is 7.05 Å². The van der Waals surface area contributed by atoms with Crippen molar-refractivity contribution in [2.24, 2.45) is 0 Å². The van der Waals surface area contributed by atoms with Gasteiger partial charge in [0.2, 0.25) is 0 Å². The van der Waals surface area contributed by atoms with Crippen LogP contribution in [0.3, 0.4) is 0 Å². The third-order valence-corrected chi connectivity index (χ3v) is 1.65. The molecule has 0 radical (unpaired) electrons. The summed E-state index contributed by atoms with van der Waals surface area (Å²) in [6.07, 6.45) is 1.22. The molecule has 4 heteroatoms. The summed E-state index contributed by atoms with van der Waals surface area (Å²) < 4.78 is 13.2. The van der Waals surface area contributed by atoms with E-state index in [9.17, 15) is 4.39 Å². The molecular formula is C8H14FN3. The van der Waals surface area contributed by atoms with Gasteiger partial charge in [0.15, 0.2) is 5.82 Å². The molecule has 1 aromatic heterocycles. The Kier molecular flexibility index (Phi) is 2.08. The third kappa shape index (κ3) is 1.42. The second-order valence-electron chi connectivity index (χ2n) is 3.73. The van der Waals surface area contributed by atoms with Crippen LogP contribution >= 0.6 is 0 Å². The number of nitrogens with one attached hydrogen (secondary N) is 1. The smallest absolute Gasteiger partial charge is 0.167 e. The zero-order chi connectivity index (χ0) is 9.35. The number of aromatic nitrogens is 2. The first kappa shape index (κ1) is 9.03. The van der Waals surface area contributed by atoms with Crippen molar-refractivity contribution in [1.29, 1.82) is 0 Å². The number of nitrogens with zero attached hydrogens (tertiary/aromatic N) is 2. The minimum Gasteiger partial charge on any atom is -0.313 e. The van der Waals surface area contributed by atoms with E-state index >= 15 is 0 Å². The average Bonchev–Trinajstić information content (AvgIpc) is 2.29. The Balaban J connectivity index is 3.19. The summed E-state index contributed by atoms with van der Waals surface area (Å²) >= 11 is 0. The van der Waals surface area contributed by atoms with Crippen LogP contribution in [0.15, 0.2) is 6.20 Å². The molecule has 0 aliphatic carbocycles. The molecule has 0 aliphatic heterocycles. The lowest BCUT2D eigenvalue weighted by molar-refractivity contribution is 0.485. The second kappa shape index (κ2) is 2.77. The summed E-state index contributed by atoms with van der Waals surface area (Å²) in [4.78, 5) is 1.45. The second-order valence-corrected chi connectivity index (χ2v) is 3.73. The lowest BCUT2D eigenvalue weighted by atomic mass is 9.92. The van der Waals surface area contributed by atoms with Crippen LogP contribution in [0.1, 0.15) is 26.5 Å². The van der Waals surface area contributed by atoms with Gasteiger partial charge in [-0.3, -0.25) is 0 Å². The Morgan fingerprint density at radius 3 is 2.42 bits per heavy atom. The molecule has 0 atom stereocenters. The number of hydrogen-bond donors (Lipinski definition) is 1. The van der Waals surface area contributed by atoms with Crippen LogP contribution in [0.5, 0.6) is 0 Å². The quantitative estimate of drug-likeness (QED) is 0.693. The van der Waals surface area contributed by atoms with E-state index in [2.05, 4.69) is 10.5 Å². The molecule has 0 aromatic carbocycles. The van der Waals surface area contributed by atoms with E-state index in [0.29, 0.717) is 5.69 Å². The van der Waals surface area contributed by atoms with Gasteiger partial charge in [0.1, 0.15) is 5.69 Å². The minimum absolute atomic E-state index is 0.233. The van der Waals surface area contributed by atoms with E-state index in [0.717, 1.165) is 0 Å². The Bertz CT molecular complexity index is 272. The molecule has 1 heterocycles. The summed E-state index contributed by atoms with van der Waals surface area (Å²) in [6, 6.07) is 0. The molecule has 3 nitrogen and oxygen atoms in total. The van der Waals surface area contributed by atoms with Crippen LogP contribution in [-0.4, -0.2) is 16.9 Å². The van der Waals surface area contributed by atoms with Gasteiger partial charge in [-0.1, -0.05) is 20.8 Å². The standard InChI is InChI=1S/C8H14FN3/c1-8(2,3)7-6(9)5-11-12(7)10-4/h5,10H,1-4H3. The van der Waals surface area contributed by atoms with E-state index < -0.39 is 0 Å². The highest BCUT2D eigenvalue weighted by Crippen LogP contribution is 2.23. The van der Waals surface area contributed by atoms with Crippen molar-refractivity contribution in [3.63, 3.8) is 0 Å². The fourth-order valence-corrected chi connectivity index (χ4v) is 1.17. The maximum absolute atomic E-state index is 13.2. The largest absolute Gasteiger partial charge is 0.313 e.